The van der Waals surface area contributed by atoms with Crippen LogP contribution in [-0.4, -0.2) is 78.5 Å². The molecule has 34 heavy (non-hydrogen) atoms. The van der Waals surface area contributed by atoms with E-state index in [4.69, 9.17) is 26.4 Å². The van der Waals surface area contributed by atoms with E-state index in [-0.39, 0.29) is 5.56 Å². The molecule has 5 rings (SSSR count). The molecule has 3 aliphatic rings. The van der Waals surface area contributed by atoms with Gasteiger partial charge in [0.2, 0.25) is 0 Å². The molecule has 2 N–H and O–H groups in total. The van der Waals surface area contributed by atoms with E-state index in [0.29, 0.717) is 37.1 Å². The Balaban J connectivity index is 1.27. The van der Waals surface area contributed by atoms with E-state index in [9.17, 15) is 4.79 Å². The largest absolute Gasteiger partial charge is 0.486 e. The van der Waals surface area contributed by atoms with Gasteiger partial charge in [-0.3, -0.25) is 9.69 Å². The van der Waals surface area contributed by atoms with Crippen LogP contribution in [0.1, 0.15) is 37.7 Å². The van der Waals surface area contributed by atoms with Gasteiger partial charge in [0.05, 0.1) is 25.3 Å². The summed E-state index contributed by atoms with van der Waals surface area (Å²) in [6, 6.07) is 6.14. The molecular formula is C25H34N4O4S. The van der Waals surface area contributed by atoms with E-state index in [1.807, 2.05) is 18.2 Å². The number of thiocarbonyl (C=S) groups is 1. The molecule has 184 valence electrons. The first-order valence-corrected chi connectivity index (χ1v) is 12.9. The molecule has 1 saturated carbocycles. The van der Waals surface area contributed by atoms with Crippen molar-refractivity contribution in [2.75, 3.05) is 52.6 Å². The smallest absolute Gasteiger partial charge is 0.253 e. The van der Waals surface area contributed by atoms with Crippen molar-refractivity contribution in [3.05, 3.63) is 34.1 Å². The number of aromatic amines is 1. The molecule has 2 aliphatic heterocycles. The number of hydrogen-bond donors (Lipinski definition) is 2. The van der Waals surface area contributed by atoms with Crippen molar-refractivity contribution in [3.8, 4) is 11.5 Å². The summed E-state index contributed by atoms with van der Waals surface area (Å²) in [5.41, 5.74) is 1.39. The van der Waals surface area contributed by atoms with Crippen LogP contribution in [0.25, 0.3) is 10.9 Å². The molecule has 0 radical (unpaired) electrons. The molecular weight excluding hydrogens is 452 g/mol. The maximum atomic E-state index is 13.0. The molecule has 0 spiro atoms. The first-order chi connectivity index (χ1) is 16.7. The molecule has 0 bridgehead atoms. The molecule has 8 nitrogen and oxygen atoms in total. The van der Waals surface area contributed by atoms with Crippen molar-refractivity contribution in [1.29, 1.82) is 0 Å². The van der Waals surface area contributed by atoms with Gasteiger partial charge in [-0.05, 0) is 50.2 Å². The number of pyridine rings is 1. The highest BCUT2D eigenvalue weighted by molar-refractivity contribution is 7.80. The average molecular weight is 487 g/mol. The van der Waals surface area contributed by atoms with Gasteiger partial charge in [0, 0.05) is 42.7 Å². The van der Waals surface area contributed by atoms with Crippen LogP contribution in [0.2, 0.25) is 0 Å². The summed E-state index contributed by atoms with van der Waals surface area (Å²) in [6.07, 6.45) is 5.67. The molecule has 0 atom stereocenters. The number of hydrogen-bond acceptors (Lipinski definition) is 6. The zero-order valence-electron chi connectivity index (χ0n) is 19.6. The molecule has 9 heteroatoms. The van der Waals surface area contributed by atoms with Crippen LogP contribution in [-0.2, 0) is 11.3 Å². The molecule has 3 heterocycles. The van der Waals surface area contributed by atoms with Gasteiger partial charge in [0.1, 0.15) is 13.2 Å². The van der Waals surface area contributed by atoms with Crippen molar-refractivity contribution >= 4 is 28.2 Å². The summed E-state index contributed by atoms with van der Waals surface area (Å²) in [4.78, 5) is 20.7. The Labute approximate surface area is 205 Å². The van der Waals surface area contributed by atoms with E-state index >= 15 is 0 Å². The van der Waals surface area contributed by atoms with Gasteiger partial charge in [-0.1, -0.05) is 12.8 Å². The van der Waals surface area contributed by atoms with E-state index < -0.39 is 0 Å². The summed E-state index contributed by atoms with van der Waals surface area (Å²) in [6.45, 7) is 7.09. The molecule has 1 aromatic heterocycles. The maximum Gasteiger partial charge on any atom is 0.253 e. The lowest BCUT2D eigenvalue weighted by molar-refractivity contribution is 0.0375. The van der Waals surface area contributed by atoms with Crippen molar-refractivity contribution in [3.63, 3.8) is 0 Å². The Morgan fingerprint density at radius 3 is 2.59 bits per heavy atom. The number of aromatic nitrogens is 1. The fourth-order valence-electron chi connectivity index (χ4n) is 5.10. The first-order valence-electron chi connectivity index (χ1n) is 12.5. The minimum atomic E-state index is -0.0812. The van der Waals surface area contributed by atoms with Gasteiger partial charge in [-0.25, -0.2) is 0 Å². The van der Waals surface area contributed by atoms with E-state index in [0.717, 1.165) is 80.4 Å². The molecule has 0 amide bonds. The van der Waals surface area contributed by atoms with Crippen LogP contribution in [0.4, 0.5) is 0 Å². The number of nitrogens with one attached hydrogen (secondary N) is 2. The van der Waals surface area contributed by atoms with Gasteiger partial charge in [0.15, 0.2) is 16.6 Å². The maximum absolute atomic E-state index is 13.0. The van der Waals surface area contributed by atoms with Crippen molar-refractivity contribution in [2.45, 2.75) is 44.7 Å². The van der Waals surface area contributed by atoms with Crippen LogP contribution < -0.4 is 20.3 Å². The van der Waals surface area contributed by atoms with Crippen LogP contribution in [0.5, 0.6) is 11.5 Å². The van der Waals surface area contributed by atoms with E-state index in [1.165, 1.54) is 12.8 Å². The van der Waals surface area contributed by atoms with Gasteiger partial charge in [-0.2, -0.15) is 0 Å². The second-order valence-corrected chi connectivity index (χ2v) is 9.70. The molecule has 0 unspecified atom stereocenters. The SMILES string of the molecule is O=c1[nH]c2cc3c(cc2cc1CN(C(=S)NCCCN1CCOCC1)C1CCCC1)OCCO3. The highest BCUT2D eigenvalue weighted by atomic mass is 32.1. The third-order valence-electron chi connectivity index (χ3n) is 6.98. The monoisotopic (exact) mass is 486 g/mol. The van der Waals surface area contributed by atoms with E-state index in [2.05, 4.69) is 20.1 Å². The summed E-state index contributed by atoms with van der Waals surface area (Å²) in [5.74, 6) is 1.40. The summed E-state index contributed by atoms with van der Waals surface area (Å²) < 4.78 is 16.8. The predicted octanol–water partition coefficient (Wildman–Crippen LogP) is 2.64. The van der Waals surface area contributed by atoms with Crippen LogP contribution in [0.3, 0.4) is 0 Å². The van der Waals surface area contributed by atoms with Gasteiger partial charge < -0.3 is 29.4 Å². The van der Waals surface area contributed by atoms with E-state index in [1.54, 1.807) is 0 Å². The minimum absolute atomic E-state index is 0.0812. The lowest BCUT2D eigenvalue weighted by Crippen LogP contribution is -2.46. The molecule has 2 fully saturated rings. The summed E-state index contributed by atoms with van der Waals surface area (Å²) in [7, 11) is 0. The number of rotatable bonds is 7. The molecule has 1 aromatic carbocycles. The molecule has 2 aromatic rings. The van der Waals surface area contributed by atoms with Crippen LogP contribution in [0.15, 0.2) is 23.0 Å². The molecule has 1 saturated heterocycles. The normalized spacial score (nSPS) is 18.8. The number of benzene rings is 1. The van der Waals surface area contributed by atoms with Gasteiger partial charge in [-0.15, -0.1) is 0 Å². The first kappa shape index (κ1) is 23.4. The zero-order valence-corrected chi connectivity index (χ0v) is 20.5. The summed E-state index contributed by atoms with van der Waals surface area (Å²) >= 11 is 5.83. The Hall–Kier alpha value is -2.36. The van der Waals surface area contributed by atoms with Gasteiger partial charge >= 0.3 is 0 Å². The quantitative estimate of drug-likeness (QED) is 0.457. The Morgan fingerprint density at radius 1 is 1.09 bits per heavy atom. The minimum Gasteiger partial charge on any atom is -0.486 e. The number of nitrogens with zero attached hydrogens (tertiary/aromatic N) is 2. The number of fused-ring (bicyclic) bond motifs is 2. The number of ether oxygens (including phenoxy) is 3. The number of morpholine rings is 1. The molecule has 1 aliphatic carbocycles. The summed E-state index contributed by atoms with van der Waals surface area (Å²) in [5, 5.41) is 5.15. The lowest BCUT2D eigenvalue weighted by Gasteiger charge is -2.32. The highest BCUT2D eigenvalue weighted by Gasteiger charge is 2.26. The standard InChI is InChI=1S/C25H34N4O4S/c30-24-19(14-18-15-22-23(16-21(18)27-24)33-13-12-32-22)17-29(20-4-1-2-5-20)25(34)26-6-3-7-28-8-10-31-11-9-28/h14-16,20H,1-13,17H2,(H,26,34)(H,27,30). The lowest BCUT2D eigenvalue weighted by atomic mass is 10.1. The Bertz CT molecular complexity index is 1060. The average Bonchev–Trinajstić information content (AvgIpc) is 3.39. The predicted molar refractivity (Wildman–Crippen MR) is 136 cm³/mol. The Morgan fingerprint density at radius 2 is 1.82 bits per heavy atom. The topological polar surface area (TPSA) is 79.1 Å². The second kappa shape index (κ2) is 10.9. The van der Waals surface area contributed by atoms with Crippen molar-refractivity contribution in [2.24, 2.45) is 0 Å². The zero-order chi connectivity index (χ0) is 23.3. The second-order valence-electron chi connectivity index (χ2n) is 9.31. The van der Waals surface area contributed by atoms with Crippen LogP contribution in [0, 0.1) is 0 Å². The van der Waals surface area contributed by atoms with Gasteiger partial charge in [0.25, 0.3) is 5.56 Å². The fraction of sp³-hybridized carbons (Fsp3) is 0.600. The van der Waals surface area contributed by atoms with Crippen molar-refractivity contribution in [1.82, 2.24) is 20.1 Å². The third-order valence-corrected chi connectivity index (χ3v) is 7.36. The van der Waals surface area contributed by atoms with Crippen molar-refractivity contribution < 1.29 is 14.2 Å². The fourth-order valence-corrected chi connectivity index (χ4v) is 5.41. The third kappa shape index (κ3) is 5.47. The number of H-pyrrole nitrogens is 1. The highest BCUT2D eigenvalue weighted by Crippen LogP contribution is 2.34. The van der Waals surface area contributed by atoms with Crippen LogP contribution >= 0.6 is 12.2 Å². The Kier molecular flexibility index (Phi) is 7.51.